The average molecular weight is 292 g/mol. The molecule has 1 aromatic heterocycles. The minimum atomic E-state index is -3.73. The number of anilines is 2. The highest BCUT2D eigenvalue weighted by Crippen LogP contribution is 2.22. The Morgan fingerprint density at radius 2 is 1.90 bits per heavy atom. The van der Waals surface area contributed by atoms with Crippen molar-refractivity contribution in [3.05, 3.63) is 48.3 Å². The molecular formula is C13H16N4O2S. The molecule has 2 aromatic rings. The van der Waals surface area contributed by atoms with Crippen LogP contribution in [-0.4, -0.2) is 13.4 Å². The number of nitrogens with two attached hydrogens (primary N) is 1. The first-order valence-electron chi connectivity index (χ1n) is 6.09. The maximum absolute atomic E-state index is 12.3. The van der Waals surface area contributed by atoms with Gasteiger partial charge in [0.1, 0.15) is 4.90 Å². The average Bonchev–Trinajstić information content (AvgIpc) is 2.47. The third kappa shape index (κ3) is 3.06. The number of aromatic nitrogens is 1. The molecule has 0 saturated carbocycles. The van der Waals surface area contributed by atoms with Gasteiger partial charge in [0.2, 0.25) is 0 Å². The van der Waals surface area contributed by atoms with Crippen LogP contribution in [-0.2, 0) is 16.4 Å². The Hall–Kier alpha value is -2.12. The molecule has 1 aromatic carbocycles. The van der Waals surface area contributed by atoms with Crippen LogP contribution < -0.4 is 16.0 Å². The van der Waals surface area contributed by atoms with Gasteiger partial charge in [-0.25, -0.2) is 8.42 Å². The van der Waals surface area contributed by atoms with Gasteiger partial charge in [0.25, 0.3) is 10.0 Å². The lowest BCUT2D eigenvalue weighted by molar-refractivity contribution is 0.601. The first-order valence-corrected chi connectivity index (χ1v) is 7.57. The molecular weight excluding hydrogens is 276 g/mol. The first kappa shape index (κ1) is 14.3. The largest absolute Gasteiger partial charge is 0.323 e. The standard InChI is InChI=1S/C13H16N4O2S/c1-2-10-3-5-11(6-4-10)17-20(18,19)13-9-15-8-7-12(13)16-14/h3-9,17H,2,14H2,1H3,(H,15,16). The summed E-state index contributed by atoms with van der Waals surface area (Å²) in [6.07, 6.45) is 3.61. The molecule has 2 rings (SSSR count). The highest BCUT2D eigenvalue weighted by Gasteiger charge is 2.18. The van der Waals surface area contributed by atoms with E-state index in [9.17, 15) is 8.42 Å². The lowest BCUT2D eigenvalue weighted by atomic mass is 10.2. The number of nitrogens with one attached hydrogen (secondary N) is 2. The van der Waals surface area contributed by atoms with E-state index in [4.69, 9.17) is 5.84 Å². The van der Waals surface area contributed by atoms with Crippen molar-refractivity contribution < 1.29 is 8.42 Å². The van der Waals surface area contributed by atoms with Crippen LogP contribution in [0.1, 0.15) is 12.5 Å². The van der Waals surface area contributed by atoms with Crippen molar-refractivity contribution in [2.45, 2.75) is 18.2 Å². The Kier molecular flexibility index (Phi) is 4.21. The molecule has 0 radical (unpaired) electrons. The van der Waals surface area contributed by atoms with Crippen molar-refractivity contribution in [3.63, 3.8) is 0 Å². The maximum Gasteiger partial charge on any atom is 0.265 e. The highest BCUT2D eigenvalue weighted by atomic mass is 32.2. The second-order valence-electron chi connectivity index (χ2n) is 4.17. The summed E-state index contributed by atoms with van der Waals surface area (Å²) in [6, 6.07) is 8.70. The molecule has 0 saturated heterocycles. The van der Waals surface area contributed by atoms with Crippen LogP contribution in [0.25, 0.3) is 0 Å². The van der Waals surface area contributed by atoms with Gasteiger partial charge in [-0.1, -0.05) is 19.1 Å². The second kappa shape index (κ2) is 5.89. The predicted octanol–water partition coefficient (Wildman–Crippen LogP) is 1.73. The number of hydrazine groups is 1. The number of rotatable bonds is 5. The molecule has 106 valence electrons. The number of nitrogen functional groups attached to an aromatic ring is 1. The summed E-state index contributed by atoms with van der Waals surface area (Å²) in [5.41, 5.74) is 4.27. The van der Waals surface area contributed by atoms with Gasteiger partial charge in [-0.2, -0.15) is 0 Å². The van der Waals surface area contributed by atoms with Crippen molar-refractivity contribution >= 4 is 21.4 Å². The van der Waals surface area contributed by atoms with Crippen LogP contribution in [0.2, 0.25) is 0 Å². The zero-order chi connectivity index (χ0) is 14.6. The number of nitrogens with zero attached hydrogens (tertiary/aromatic N) is 1. The summed E-state index contributed by atoms with van der Waals surface area (Å²) < 4.78 is 27.1. The predicted molar refractivity (Wildman–Crippen MR) is 78.7 cm³/mol. The van der Waals surface area contributed by atoms with Gasteiger partial charge < -0.3 is 5.43 Å². The van der Waals surface area contributed by atoms with Crippen molar-refractivity contribution in [1.29, 1.82) is 0 Å². The van der Waals surface area contributed by atoms with E-state index in [1.54, 1.807) is 12.1 Å². The van der Waals surface area contributed by atoms with Gasteiger partial charge in [0, 0.05) is 18.1 Å². The van der Waals surface area contributed by atoms with E-state index in [2.05, 4.69) is 15.1 Å². The number of hydrogen-bond acceptors (Lipinski definition) is 5. The minimum absolute atomic E-state index is 0.00191. The molecule has 0 aliphatic carbocycles. The third-order valence-electron chi connectivity index (χ3n) is 2.84. The lowest BCUT2D eigenvalue weighted by Gasteiger charge is -2.11. The Bertz CT molecular complexity index is 684. The quantitative estimate of drug-likeness (QED) is 0.576. The van der Waals surface area contributed by atoms with E-state index in [-0.39, 0.29) is 10.6 Å². The van der Waals surface area contributed by atoms with E-state index < -0.39 is 10.0 Å². The molecule has 0 aliphatic heterocycles. The third-order valence-corrected chi connectivity index (χ3v) is 4.25. The van der Waals surface area contributed by atoms with Gasteiger partial charge in [-0.3, -0.25) is 15.5 Å². The molecule has 0 aliphatic rings. The summed E-state index contributed by atoms with van der Waals surface area (Å²) in [7, 11) is -3.73. The zero-order valence-corrected chi connectivity index (χ0v) is 11.8. The smallest absolute Gasteiger partial charge is 0.265 e. The molecule has 1 heterocycles. The van der Waals surface area contributed by atoms with Crippen LogP contribution >= 0.6 is 0 Å². The Labute approximate surface area is 118 Å². The van der Waals surface area contributed by atoms with Gasteiger partial charge in [-0.15, -0.1) is 0 Å². The van der Waals surface area contributed by atoms with Crippen LogP contribution in [0.4, 0.5) is 11.4 Å². The fourth-order valence-electron chi connectivity index (χ4n) is 1.73. The molecule has 0 atom stereocenters. The summed E-state index contributed by atoms with van der Waals surface area (Å²) in [6.45, 7) is 2.04. The van der Waals surface area contributed by atoms with E-state index in [0.717, 1.165) is 12.0 Å². The molecule has 0 unspecified atom stereocenters. The number of hydrogen-bond donors (Lipinski definition) is 3. The fraction of sp³-hybridized carbons (Fsp3) is 0.154. The van der Waals surface area contributed by atoms with Gasteiger partial charge in [-0.05, 0) is 30.2 Å². The minimum Gasteiger partial charge on any atom is -0.323 e. The van der Waals surface area contributed by atoms with Gasteiger partial charge in [0.15, 0.2) is 0 Å². The van der Waals surface area contributed by atoms with Crippen LogP contribution in [0.15, 0.2) is 47.6 Å². The van der Waals surface area contributed by atoms with E-state index in [1.807, 2.05) is 19.1 Å². The molecule has 7 heteroatoms. The number of aryl methyl sites for hydroxylation is 1. The van der Waals surface area contributed by atoms with Crippen molar-refractivity contribution in [3.8, 4) is 0 Å². The van der Waals surface area contributed by atoms with Crippen LogP contribution in [0, 0.1) is 0 Å². The fourth-order valence-corrected chi connectivity index (χ4v) is 2.90. The van der Waals surface area contributed by atoms with E-state index >= 15 is 0 Å². The molecule has 0 spiro atoms. The van der Waals surface area contributed by atoms with Crippen molar-refractivity contribution in [2.75, 3.05) is 10.1 Å². The second-order valence-corrected chi connectivity index (χ2v) is 5.82. The molecule has 0 bridgehead atoms. The summed E-state index contributed by atoms with van der Waals surface area (Å²) in [5.74, 6) is 5.31. The summed E-state index contributed by atoms with van der Waals surface area (Å²) >= 11 is 0. The molecule has 6 nitrogen and oxygen atoms in total. The number of pyridine rings is 1. The first-order chi connectivity index (χ1) is 9.56. The SMILES string of the molecule is CCc1ccc(NS(=O)(=O)c2cnccc2NN)cc1. The maximum atomic E-state index is 12.3. The molecule has 0 fully saturated rings. The molecule has 20 heavy (non-hydrogen) atoms. The Morgan fingerprint density at radius 3 is 2.50 bits per heavy atom. The van der Waals surface area contributed by atoms with Crippen LogP contribution in [0.3, 0.4) is 0 Å². The highest BCUT2D eigenvalue weighted by molar-refractivity contribution is 7.92. The molecule has 0 amide bonds. The summed E-state index contributed by atoms with van der Waals surface area (Å²) in [4.78, 5) is 3.82. The van der Waals surface area contributed by atoms with Gasteiger partial charge >= 0.3 is 0 Å². The van der Waals surface area contributed by atoms with E-state index in [0.29, 0.717) is 5.69 Å². The number of sulfonamides is 1. The van der Waals surface area contributed by atoms with E-state index in [1.165, 1.54) is 18.5 Å². The summed E-state index contributed by atoms with van der Waals surface area (Å²) in [5, 5.41) is 0. The monoisotopic (exact) mass is 292 g/mol. The van der Waals surface area contributed by atoms with Crippen molar-refractivity contribution in [1.82, 2.24) is 4.98 Å². The topological polar surface area (TPSA) is 97.1 Å². The Morgan fingerprint density at radius 1 is 1.20 bits per heavy atom. The van der Waals surface area contributed by atoms with Crippen LogP contribution in [0.5, 0.6) is 0 Å². The van der Waals surface area contributed by atoms with Gasteiger partial charge in [0.05, 0.1) is 5.69 Å². The Balaban J connectivity index is 2.30. The lowest BCUT2D eigenvalue weighted by Crippen LogP contribution is -2.17. The zero-order valence-electron chi connectivity index (χ0n) is 11.0. The molecule has 4 N–H and O–H groups in total. The van der Waals surface area contributed by atoms with Crippen molar-refractivity contribution in [2.24, 2.45) is 5.84 Å². The normalized spacial score (nSPS) is 11.1. The number of benzene rings is 1.